The average molecular weight is 332 g/mol. The first-order valence-corrected chi connectivity index (χ1v) is 9.16. The third-order valence-corrected chi connectivity index (χ3v) is 5.70. The van der Waals surface area contributed by atoms with Crippen molar-refractivity contribution < 1.29 is 8.42 Å². The van der Waals surface area contributed by atoms with Crippen molar-refractivity contribution in [2.24, 2.45) is 0 Å². The molecule has 1 fully saturated rings. The summed E-state index contributed by atoms with van der Waals surface area (Å²) in [6.45, 7) is 4.56. The van der Waals surface area contributed by atoms with Gasteiger partial charge in [-0.25, -0.2) is 18.1 Å². The van der Waals surface area contributed by atoms with Gasteiger partial charge < -0.3 is 5.32 Å². The molecule has 118 valence electrons. The number of rotatable bonds is 5. The SMILES string of the molecule is CCNc1ncc(S(=O)(=O)NC2(C)CCCCC2)cc1Cl. The fourth-order valence-corrected chi connectivity index (χ4v) is 4.42. The van der Waals surface area contributed by atoms with Gasteiger partial charge in [0.05, 0.1) is 5.02 Å². The van der Waals surface area contributed by atoms with Gasteiger partial charge in [0.25, 0.3) is 0 Å². The van der Waals surface area contributed by atoms with E-state index in [0.717, 1.165) is 25.7 Å². The molecule has 2 rings (SSSR count). The zero-order chi connectivity index (χ0) is 15.5. The first-order valence-electron chi connectivity index (χ1n) is 7.30. The van der Waals surface area contributed by atoms with Gasteiger partial charge in [0.2, 0.25) is 10.0 Å². The third-order valence-electron chi connectivity index (χ3n) is 3.81. The smallest absolute Gasteiger partial charge is 0.242 e. The Bertz CT molecular complexity index is 598. The summed E-state index contributed by atoms with van der Waals surface area (Å²) in [5.74, 6) is 0.502. The monoisotopic (exact) mass is 331 g/mol. The topological polar surface area (TPSA) is 71.1 Å². The van der Waals surface area contributed by atoms with Crippen LogP contribution in [0.25, 0.3) is 0 Å². The number of hydrogen-bond donors (Lipinski definition) is 2. The summed E-state index contributed by atoms with van der Waals surface area (Å²) in [5, 5.41) is 3.30. The molecule has 0 aliphatic heterocycles. The van der Waals surface area contributed by atoms with E-state index in [1.54, 1.807) is 0 Å². The van der Waals surface area contributed by atoms with E-state index in [-0.39, 0.29) is 10.4 Å². The fraction of sp³-hybridized carbons (Fsp3) is 0.643. The molecule has 0 aromatic carbocycles. The molecule has 2 N–H and O–H groups in total. The minimum absolute atomic E-state index is 0.112. The minimum Gasteiger partial charge on any atom is -0.369 e. The molecule has 1 heterocycles. The first-order chi connectivity index (χ1) is 9.86. The van der Waals surface area contributed by atoms with Gasteiger partial charge >= 0.3 is 0 Å². The van der Waals surface area contributed by atoms with Crippen LogP contribution in [0, 0.1) is 0 Å². The fourth-order valence-electron chi connectivity index (χ4n) is 2.68. The lowest BCUT2D eigenvalue weighted by Crippen LogP contribution is -2.47. The van der Waals surface area contributed by atoms with Crippen molar-refractivity contribution in [1.29, 1.82) is 0 Å². The van der Waals surface area contributed by atoms with Crippen LogP contribution in [0.5, 0.6) is 0 Å². The summed E-state index contributed by atoms with van der Waals surface area (Å²) in [4.78, 5) is 4.20. The van der Waals surface area contributed by atoms with E-state index in [1.807, 2.05) is 13.8 Å². The standard InChI is InChI=1S/C14H22ClN3O2S/c1-3-16-13-12(15)9-11(10-17-13)21(19,20)18-14(2)7-5-4-6-8-14/h9-10,18H,3-8H2,1-2H3,(H,16,17). The Kier molecular flexibility index (Phi) is 5.11. The van der Waals surface area contributed by atoms with Crippen LogP contribution in [0.2, 0.25) is 5.02 Å². The molecule has 1 aliphatic rings. The molecule has 1 aromatic heterocycles. The quantitative estimate of drug-likeness (QED) is 0.869. The Morgan fingerprint density at radius 2 is 2.00 bits per heavy atom. The van der Waals surface area contributed by atoms with Gasteiger partial charge in [0.15, 0.2) is 0 Å². The van der Waals surface area contributed by atoms with Gasteiger partial charge in [-0.05, 0) is 32.8 Å². The number of sulfonamides is 1. The van der Waals surface area contributed by atoms with Gasteiger partial charge in [0, 0.05) is 18.3 Å². The van der Waals surface area contributed by atoms with Gasteiger partial charge in [-0.2, -0.15) is 0 Å². The molecule has 0 atom stereocenters. The number of hydrogen-bond acceptors (Lipinski definition) is 4. The van der Waals surface area contributed by atoms with E-state index in [0.29, 0.717) is 17.4 Å². The molecule has 0 amide bonds. The van der Waals surface area contributed by atoms with Crippen molar-refractivity contribution in [2.75, 3.05) is 11.9 Å². The zero-order valence-electron chi connectivity index (χ0n) is 12.4. The van der Waals surface area contributed by atoms with Crippen molar-refractivity contribution in [3.05, 3.63) is 17.3 Å². The molecule has 0 spiro atoms. The largest absolute Gasteiger partial charge is 0.369 e. The van der Waals surface area contributed by atoms with Gasteiger partial charge in [0.1, 0.15) is 10.7 Å². The average Bonchev–Trinajstić information content (AvgIpc) is 2.41. The Balaban J connectivity index is 2.21. The second-order valence-corrected chi connectivity index (χ2v) is 7.85. The van der Waals surface area contributed by atoms with Gasteiger partial charge in [-0.15, -0.1) is 0 Å². The molecule has 0 bridgehead atoms. The summed E-state index contributed by atoms with van der Waals surface area (Å²) in [6, 6.07) is 1.45. The van der Waals surface area contributed by atoms with Crippen LogP contribution in [0.3, 0.4) is 0 Å². The second kappa shape index (κ2) is 6.50. The summed E-state index contributed by atoms with van der Waals surface area (Å²) in [6.07, 6.45) is 6.35. The van der Waals surface area contributed by atoms with Crippen LogP contribution in [0.15, 0.2) is 17.2 Å². The van der Waals surface area contributed by atoms with Crippen molar-refractivity contribution in [1.82, 2.24) is 9.71 Å². The minimum atomic E-state index is -3.60. The number of anilines is 1. The molecular formula is C14H22ClN3O2S. The number of aromatic nitrogens is 1. The second-order valence-electron chi connectivity index (χ2n) is 5.76. The zero-order valence-corrected chi connectivity index (χ0v) is 14.0. The highest BCUT2D eigenvalue weighted by Crippen LogP contribution is 2.30. The first kappa shape index (κ1) is 16.5. The number of pyridine rings is 1. The Labute approximate surface area is 131 Å². The Morgan fingerprint density at radius 1 is 1.33 bits per heavy atom. The molecule has 0 unspecified atom stereocenters. The predicted octanol–water partition coefficient (Wildman–Crippen LogP) is 3.17. The summed E-state index contributed by atoms with van der Waals surface area (Å²) >= 11 is 6.07. The van der Waals surface area contributed by atoms with Crippen molar-refractivity contribution >= 4 is 27.4 Å². The van der Waals surface area contributed by atoms with Crippen molar-refractivity contribution in [3.8, 4) is 0 Å². The molecule has 0 saturated heterocycles. The molecule has 1 saturated carbocycles. The molecule has 0 radical (unpaired) electrons. The predicted molar refractivity (Wildman–Crippen MR) is 85.2 cm³/mol. The maximum absolute atomic E-state index is 12.5. The van der Waals surface area contributed by atoms with E-state index in [9.17, 15) is 8.42 Å². The highest BCUT2D eigenvalue weighted by atomic mass is 35.5. The summed E-state index contributed by atoms with van der Waals surface area (Å²) < 4.78 is 27.8. The van der Waals surface area contributed by atoms with E-state index in [1.165, 1.54) is 18.7 Å². The maximum Gasteiger partial charge on any atom is 0.242 e. The van der Waals surface area contributed by atoms with E-state index in [4.69, 9.17) is 11.6 Å². The number of halogens is 1. The van der Waals surface area contributed by atoms with Gasteiger partial charge in [-0.1, -0.05) is 30.9 Å². The third kappa shape index (κ3) is 4.08. The Hall–Kier alpha value is -0.850. The summed E-state index contributed by atoms with van der Waals surface area (Å²) in [5.41, 5.74) is -0.371. The van der Waals surface area contributed by atoms with E-state index >= 15 is 0 Å². The molecule has 7 heteroatoms. The summed E-state index contributed by atoms with van der Waals surface area (Å²) in [7, 11) is -3.60. The molecular weight excluding hydrogens is 310 g/mol. The highest BCUT2D eigenvalue weighted by Gasteiger charge is 2.32. The molecule has 1 aromatic rings. The lowest BCUT2D eigenvalue weighted by molar-refractivity contribution is 0.294. The van der Waals surface area contributed by atoms with Crippen LogP contribution in [-0.4, -0.2) is 25.5 Å². The van der Waals surface area contributed by atoms with Crippen molar-refractivity contribution in [3.63, 3.8) is 0 Å². The normalized spacial score (nSPS) is 18.4. The van der Waals surface area contributed by atoms with Crippen LogP contribution in [-0.2, 0) is 10.0 Å². The highest BCUT2D eigenvalue weighted by molar-refractivity contribution is 7.89. The Morgan fingerprint density at radius 3 is 2.57 bits per heavy atom. The molecule has 1 aliphatic carbocycles. The molecule has 5 nitrogen and oxygen atoms in total. The van der Waals surface area contributed by atoms with Crippen LogP contribution >= 0.6 is 11.6 Å². The van der Waals surface area contributed by atoms with Crippen LogP contribution in [0.4, 0.5) is 5.82 Å². The number of nitrogens with one attached hydrogen (secondary N) is 2. The van der Waals surface area contributed by atoms with Crippen LogP contribution < -0.4 is 10.0 Å². The van der Waals surface area contributed by atoms with Gasteiger partial charge in [-0.3, -0.25) is 0 Å². The van der Waals surface area contributed by atoms with Crippen molar-refractivity contribution in [2.45, 2.75) is 56.4 Å². The van der Waals surface area contributed by atoms with Crippen LogP contribution in [0.1, 0.15) is 46.0 Å². The lowest BCUT2D eigenvalue weighted by Gasteiger charge is -2.34. The maximum atomic E-state index is 12.5. The molecule has 21 heavy (non-hydrogen) atoms. The lowest BCUT2D eigenvalue weighted by atomic mass is 9.84. The number of nitrogens with zero attached hydrogens (tertiary/aromatic N) is 1. The van der Waals surface area contributed by atoms with E-state index < -0.39 is 10.0 Å². The van der Waals surface area contributed by atoms with E-state index in [2.05, 4.69) is 15.0 Å².